The van der Waals surface area contributed by atoms with E-state index in [1.165, 1.54) is 13.1 Å². The highest BCUT2D eigenvalue weighted by Crippen LogP contribution is 2.44. The average Bonchev–Trinajstić information content (AvgIpc) is 3.07. The van der Waals surface area contributed by atoms with E-state index in [0.29, 0.717) is 46.4 Å². The van der Waals surface area contributed by atoms with E-state index in [0.717, 1.165) is 12.1 Å². The number of ether oxygens (including phenoxy) is 1. The quantitative estimate of drug-likeness (QED) is 0.318. The van der Waals surface area contributed by atoms with Crippen molar-refractivity contribution in [2.75, 3.05) is 10.6 Å². The number of hydrogen-bond donors (Lipinski definition) is 2. The number of rotatable bonds is 6. The van der Waals surface area contributed by atoms with Crippen molar-refractivity contribution in [3.05, 3.63) is 66.4 Å². The number of halogens is 5. The monoisotopic (exact) mass is 491 g/mol. The molecule has 0 saturated heterocycles. The number of aromatic nitrogens is 3. The minimum atomic E-state index is -5.68. The number of anilines is 3. The molecule has 4 rings (SSSR count). The normalized spacial score (nSPS) is 12.0. The van der Waals surface area contributed by atoms with Gasteiger partial charge in [-0.3, -0.25) is 4.79 Å². The van der Waals surface area contributed by atoms with E-state index in [4.69, 9.17) is 4.74 Å². The van der Waals surface area contributed by atoms with Gasteiger partial charge in [0.1, 0.15) is 17.3 Å². The van der Waals surface area contributed by atoms with Gasteiger partial charge in [0.25, 0.3) is 0 Å². The Balaban J connectivity index is 1.54. The van der Waals surface area contributed by atoms with Crippen LogP contribution in [0.5, 0.6) is 11.5 Å². The predicted octanol–water partition coefficient (Wildman–Crippen LogP) is 6.12. The SMILES string of the molecule is CC(=O)Nc1cc(Oc2ccc3c(c2)nc(Nc2ccc(C(F)(F)C(F)(F)F)cc2)n3C)ccn1. The molecule has 0 aliphatic rings. The molecular formula is C23H18F5N5O2. The summed E-state index contributed by atoms with van der Waals surface area (Å²) in [5.74, 6) is -3.65. The molecule has 7 nitrogen and oxygen atoms in total. The molecule has 0 spiro atoms. The standard InChI is InChI=1S/C23H18F5N5O2/c1-13(34)30-20-12-17(9-10-29-20)35-16-7-8-19-18(11-16)32-21(33(19)2)31-15-5-3-14(4-6-15)22(24,25)23(26,27)28/h3-12H,1-2H3,(H,31,32)(H,29,30,34). The number of imidazole rings is 1. The molecular weight excluding hydrogens is 473 g/mol. The molecule has 35 heavy (non-hydrogen) atoms. The molecule has 0 saturated carbocycles. The minimum Gasteiger partial charge on any atom is -0.457 e. The largest absolute Gasteiger partial charge is 0.458 e. The van der Waals surface area contributed by atoms with Gasteiger partial charge in [0.2, 0.25) is 11.9 Å². The van der Waals surface area contributed by atoms with E-state index >= 15 is 0 Å². The van der Waals surface area contributed by atoms with E-state index < -0.39 is 17.7 Å². The van der Waals surface area contributed by atoms with Gasteiger partial charge in [0.05, 0.1) is 11.0 Å². The zero-order valence-corrected chi connectivity index (χ0v) is 18.3. The van der Waals surface area contributed by atoms with Crippen LogP contribution in [-0.4, -0.2) is 26.6 Å². The number of fused-ring (bicyclic) bond motifs is 1. The zero-order chi connectivity index (χ0) is 25.4. The number of nitrogens with zero attached hydrogens (tertiary/aromatic N) is 3. The maximum absolute atomic E-state index is 13.5. The van der Waals surface area contributed by atoms with Crippen LogP contribution in [0.15, 0.2) is 60.8 Å². The van der Waals surface area contributed by atoms with E-state index in [1.807, 2.05) is 0 Å². The van der Waals surface area contributed by atoms with Crippen molar-refractivity contribution in [2.24, 2.45) is 7.05 Å². The van der Waals surface area contributed by atoms with Crippen LogP contribution in [-0.2, 0) is 17.8 Å². The highest BCUT2D eigenvalue weighted by molar-refractivity contribution is 5.87. The summed E-state index contributed by atoms with van der Waals surface area (Å²) in [6.45, 7) is 1.36. The fraction of sp³-hybridized carbons (Fsp3) is 0.174. The summed E-state index contributed by atoms with van der Waals surface area (Å²) in [6, 6.07) is 12.0. The van der Waals surface area contributed by atoms with E-state index in [1.54, 1.807) is 41.9 Å². The van der Waals surface area contributed by atoms with Crippen LogP contribution in [0.4, 0.5) is 39.4 Å². The third-order valence-corrected chi connectivity index (χ3v) is 4.98. The molecule has 182 valence electrons. The molecule has 2 heterocycles. The molecule has 0 atom stereocenters. The lowest BCUT2D eigenvalue weighted by molar-refractivity contribution is -0.289. The van der Waals surface area contributed by atoms with E-state index in [-0.39, 0.29) is 11.6 Å². The number of benzene rings is 2. The molecule has 2 aromatic heterocycles. The lowest BCUT2D eigenvalue weighted by atomic mass is 10.1. The Morgan fingerprint density at radius 3 is 2.31 bits per heavy atom. The number of aryl methyl sites for hydroxylation is 1. The van der Waals surface area contributed by atoms with Crippen LogP contribution >= 0.6 is 0 Å². The highest BCUT2D eigenvalue weighted by Gasteiger charge is 2.58. The Bertz CT molecular complexity index is 1380. The summed E-state index contributed by atoms with van der Waals surface area (Å²) >= 11 is 0. The average molecular weight is 491 g/mol. The van der Waals surface area contributed by atoms with Gasteiger partial charge in [0, 0.05) is 43.6 Å². The molecule has 1 amide bonds. The number of alkyl halides is 5. The molecule has 0 bridgehead atoms. The van der Waals surface area contributed by atoms with Crippen LogP contribution in [0.25, 0.3) is 11.0 Å². The second-order valence-electron chi connectivity index (χ2n) is 7.58. The fourth-order valence-electron chi connectivity index (χ4n) is 3.27. The second-order valence-corrected chi connectivity index (χ2v) is 7.58. The van der Waals surface area contributed by atoms with E-state index in [2.05, 4.69) is 20.6 Å². The van der Waals surface area contributed by atoms with Crippen molar-refractivity contribution < 1.29 is 31.5 Å². The molecule has 12 heteroatoms. The van der Waals surface area contributed by atoms with Crippen molar-refractivity contribution >= 4 is 34.4 Å². The lowest BCUT2D eigenvalue weighted by Crippen LogP contribution is -2.33. The first-order valence-electron chi connectivity index (χ1n) is 10.1. The summed E-state index contributed by atoms with van der Waals surface area (Å²) in [5, 5.41) is 5.47. The number of hydrogen-bond acceptors (Lipinski definition) is 5. The van der Waals surface area contributed by atoms with Gasteiger partial charge in [-0.1, -0.05) is 12.1 Å². The maximum atomic E-state index is 13.5. The molecule has 0 unspecified atom stereocenters. The van der Waals surface area contributed by atoms with Crippen molar-refractivity contribution in [2.45, 2.75) is 19.0 Å². The lowest BCUT2D eigenvalue weighted by Gasteiger charge is -2.20. The van der Waals surface area contributed by atoms with Crippen LogP contribution in [0, 0.1) is 0 Å². The third kappa shape index (κ3) is 5.00. The van der Waals surface area contributed by atoms with Crippen LogP contribution in [0.3, 0.4) is 0 Å². The Morgan fingerprint density at radius 2 is 1.66 bits per heavy atom. The van der Waals surface area contributed by atoms with Crippen molar-refractivity contribution in [1.82, 2.24) is 14.5 Å². The molecule has 2 N–H and O–H groups in total. The molecule has 0 aliphatic heterocycles. The fourth-order valence-corrected chi connectivity index (χ4v) is 3.27. The first-order valence-corrected chi connectivity index (χ1v) is 10.1. The second kappa shape index (κ2) is 8.85. The van der Waals surface area contributed by atoms with Crippen molar-refractivity contribution in [3.63, 3.8) is 0 Å². The van der Waals surface area contributed by atoms with Crippen LogP contribution in [0.2, 0.25) is 0 Å². The summed E-state index contributed by atoms with van der Waals surface area (Å²) < 4.78 is 72.2. The molecule has 4 aromatic rings. The Hall–Kier alpha value is -4.22. The molecule has 0 aliphatic carbocycles. The Morgan fingerprint density at radius 1 is 0.971 bits per heavy atom. The zero-order valence-electron chi connectivity index (χ0n) is 18.3. The summed E-state index contributed by atoms with van der Waals surface area (Å²) in [7, 11) is 1.72. The Kier molecular flexibility index (Phi) is 6.05. The summed E-state index contributed by atoms with van der Waals surface area (Å²) in [4.78, 5) is 19.7. The van der Waals surface area contributed by atoms with Gasteiger partial charge >= 0.3 is 12.1 Å². The van der Waals surface area contributed by atoms with E-state index in [9.17, 15) is 26.7 Å². The third-order valence-electron chi connectivity index (χ3n) is 4.98. The van der Waals surface area contributed by atoms with Crippen molar-refractivity contribution in [3.8, 4) is 11.5 Å². The predicted molar refractivity (Wildman–Crippen MR) is 119 cm³/mol. The van der Waals surface area contributed by atoms with Crippen LogP contribution in [0.1, 0.15) is 12.5 Å². The molecule has 0 fully saturated rings. The van der Waals surface area contributed by atoms with Gasteiger partial charge < -0.3 is 19.9 Å². The number of carbonyl (C=O) groups is 1. The van der Waals surface area contributed by atoms with Gasteiger partial charge in [0.15, 0.2) is 0 Å². The van der Waals surface area contributed by atoms with Gasteiger partial charge in [-0.05, 0) is 30.3 Å². The topological polar surface area (TPSA) is 81.1 Å². The Labute approximate surface area is 195 Å². The maximum Gasteiger partial charge on any atom is 0.458 e. The molecule has 0 radical (unpaired) electrons. The first-order chi connectivity index (χ1) is 16.4. The van der Waals surface area contributed by atoms with Crippen molar-refractivity contribution in [1.29, 1.82) is 0 Å². The first kappa shape index (κ1) is 23.9. The number of amides is 1. The molecule has 2 aromatic carbocycles. The summed E-state index contributed by atoms with van der Waals surface area (Å²) in [6.07, 6.45) is -4.20. The van der Waals surface area contributed by atoms with Gasteiger partial charge in [-0.2, -0.15) is 22.0 Å². The number of carbonyl (C=O) groups excluding carboxylic acids is 1. The number of pyridine rings is 1. The van der Waals surface area contributed by atoms with Crippen LogP contribution < -0.4 is 15.4 Å². The number of nitrogens with one attached hydrogen (secondary N) is 2. The van der Waals surface area contributed by atoms with Gasteiger partial charge in [-0.25, -0.2) is 9.97 Å². The minimum absolute atomic E-state index is 0.270. The highest BCUT2D eigenvalue weighted by atomic mass is 19.4. The van der Waals surface area contributed by atoms with Gasteiger partial charge in [-0.15, -0.1) is 0 Å². The smallest absolute Gasteiger partial charge is 0.457 e. The summed E-state index contributed by atoms with van der Waals surface area (Å²) in [5.41, 5.74) is 0.390.